The Bertz CT molecular complexity index is 244. The first-order chi connectivity index (χ1) is 8.04. The van der Waals surface area contributed by atoms with Gasteiger partial charge in [0.1, 0.15) is 0 Å². The molecular formula is C13H26N2O2. The van der Waals surface area contributed by atoms with Crippen molar-refractivity contribution in [3.8, 4) is 0 Å². The van der Waals surface area contributed by atoms with E-state index < -0.39 is 0 Å². The van der Waals surface area contributed by atoms with E-state index in [9.17, 15) is 4.79 Å². The normalized spacial score (nSPS) is 26.9. The second kappa shape index (κ2) is 6.97. The van der Waals surface area contributed by atoms with Crippen LogP contribution in [0.1, 0.15) is 39.5 Å². The summed E-state index contributed by atoms with van der Waals surface area (Å²) in [6.45, 7) is 4.76. The minimum Gasteiger partial charge on any atom is -0.383 e. The average molecular weight is 242 g/mol. The molecule has 4 heteroatoms. The van der Waals surface area contributed by atoms with Crippen LogP contribution in [0.3, 0.4) is 0 Å². The van der Waals surface area contributed by atoms with E-state index in [4.69, 9.17) is 10.5 Å². The summed E-state index contributed by atoms with van der Waals surface area (Å²) < 4.78 is 5.14. The fourth-order valence-corrected chi connectivity index (χ4v) is 2.35. The molecule has 100 valence electrons. The lowest BCUT2D eigenvalue weighted by molar-refractivity contribution is -0.127. The SMILES string of the molecule is COCC(NC(=O)C1CCCC(N)C1)C(C)C. The van der Waals surface area contributed by atoms with Crippen LogP contribution < -0.4 is 11.1 Å². The Kier molecular flexibility index (Phi) is 5.92. The van der Waals surface area contributed by atoms with Gasteiger partial charge in [0.15, 0.2) is 0 Å². The number of ether oxygens (including phenoxy) is 1. The van der Waals surface area contributed by atoms with Crippen LogP contribution in [0.25, 0.3) is 0 Å². The van der Waals surface area contributed by atoms with Crippen molar-refractivity contribution in [3.05, 3.63) is 0 Å². The molecule has 4 nitrogen and oxygen atoms in total. The second-order valence-corrected chi connectivity index (χ2v) is 5.44. The molecule has 1 saturated carbocycles. The van der Waals surface area contributed by atoms with Gasteiger partial charge in [0.2, 0.25) is 5.91 Å². The summed E-state index contributed by atoms with van der Waals surface area (Å²) in [6.07, 6.45) is 3.91. The van der Waals surface area contributed by atoms with Crippen LogP contribution in [0.4, 0.5) is 0 Å². The highest BCUT2D eigenvalue weighted by Crippen LogP contribution is 2.23. The number of nitrogens with one attached hydrogen (secondary N) is 1. The van der Waals surface area contributed by atoms with Gasteiger partial charge in [-0.25, -0.2) is 0 Å². The highest BCUT2D eigenvalue weighted by atomic mass is 16.5. The minimum atomic E-state index is 0.0943. The minimum absolute atomic E-state index is 0.0943. The van der Waals surface area contributed by atoms with Gasteiger partial charge in [-0.05, 0) is 25.2 Å². The highest BCUT2D eigenvalue weighted by molar-refractivity contribution is 5.79. The van der Waals surface area contributed by atoms with Crippen molar-refractivity contribution in [1.29, 1.82) is 0 Å². The van der Waals surface area contributed by atoms with Gasteiger partial charge < -0.3 is 15.8 Å². The van der Waals surface area contributed by atoms with Crippen molar-refractivity contribution < 1.29 is 9.53 Å². The standard InChI is InChI=1S/C13H26N2O2/c1-9(2)12(8-17-3)15-13(16)10-5-4-6-11(14)7-10/h9-12H,4-8,14H2,1-3H3,(H,15,16). The van der Waals surface area contributed by atoms with Gasteiger partial charge in [0.05, 0.1) is 12.6 Å². The maximum absolute atomic E-state index is 12.1. The lowest BCUT2D eigenvalue weighted by atomic mass is 9.85. The molecule has 3 N–H and O–H groups in total. The van der Waals surface area contributed by atoms with Crippen molar-refractivity contribution in [3.63, 3.8) is 0 Å². The Morgan fingerprint density at radius 1 is 1.47 bits per heavy atom. The first-order valence-corrected chi connectivity index (χ1v) is 6.59. The molecule has 1 aliphatic rings. The smallest absolute Gasteiger partial charge is 0.223 e. The first-order valence-electron chi connectivity index (χ1n) is 6.59. The monoisotopic (exact) mass is 242 g/mol. The molecular weight excluding hydrogens is 216 g/mol. The van der Waals surface area contributed by atoms with Crippen LogP contribution in [0.15, 0.2) is 0 Å². The summed E-state index contributed by atoms with van der Waals surface area (Å²) in [5.41, 5.74) is 5.91. The molecule has 1 aliphatic carbocycles. The Morgan fingerprint density at radius 2 is 2.18 bits per heavy atom. The van der Waals surface area contributed by atoms with Gasteiger partial charge in [-0.1, -0.05) is 20.3 Å². The number of methoxy groups -OCH3 is 1. The zero-order chi connectivity index (χ0) is 12.8. The average Bonchev–Trinajstić information content (AvgIpc) is 2.28. The Labute approximate surface area is 104 Å². The van der Waals surface area contributed by atoms with Gasteiger partial charge in [-0.15, -0.1) is 0 Å². The quantitative estimate of drug-likeness (QED) is 0.763. The fourth-order valence-electron chi connectivity index (χ4n) is 2.35. The summed E-state index contributed by atoms with van der Waals surface area (Å²) in [5, 5.41) is 3.09. The summed E-state index contributed by atoms with van der Waals surface area (Å²) in [4.78, 5) is 12.1. The summed E-state index contributed by atoms with van der Waals surface area (Å²) in [5.74, 6) is 0.629. The second-order valence-electron chi connectivity index (χ2n) is 5.44. The van der Waals surface area contributed by atoms with Crippen molar-refractivity contribution in [2.75, 3.05) is 13.7 Å². The van der Waals surface area contributed by atoms with Crippen LogP contribution in [0.5, 0.6) is 0 Å². The molecule has 0 bridgehead atoms. The van der Waals surface area contributed by atoms with E-state index in [0.29, 0.717) is 12.5 Å². The Balaban J connectivity index is 2.45. The fraction of sp³-hybridized carbons (Fsp3) is 0.923. The summed E-state index contributed by atoms with van der Waals surface area (Å²) in [7, 11) is 1.66. The van der Waals surface area contributed by atoms with E-state index in [1.165, 1.54) is 0 Å². The largest absolute Gasteiger partial charge is 0.383 e. The van der Waals surface area contributed by atoms with E-state index in [0.717, 1.165) is 25.7 Å². The molecule has 0 aliphatic heterocycles. The molecule has 0 radical (unpaired) electrons. The number of nitrogens with two attached hydrogens (primary N) is 1. The summed E-state index contributed by atoms with van der Waals surface area (Å²) in [6, 6.07) is 0.296. The van der Waals surface area contributed by atoms with E-state index in [2.05, 4.69) is 19.2 Å². The van der Waals surface area contributed by atoms with Crippen molar-refractivity contribution in [2.24, 2.45) is 17.6 Å². The topological polar surface area (TPSA) is 64.3 Å². The molecule has 3 unspecified atom stereocenters. The molecule has 1 fully saturated rings. The number of carbonyl (C=O) groups is 1. The van der Waals surface area contributed by atoms with E-state index in [-0.39, 0.29) is 23.9 Å². The summed E-state index contributed by atoms with van der Waals surface area (Å²) >= 11 is 0. The van der Waals surface area contributed by atoms with E-state index in [1.54, 1.807) is 7.11 Å². The lowest BCUT2D eigenvalue weighted by Crippen LogP contribution is -2.46. The maximum Gasteiger partial charge on any atom is 0.223 e. The van der Waals surface area contributed by atoms with Crippen LogP contribution >= 0.6 is 0 Å². The number of hydrogen-bond donors (Lipinski definition) is 2. The van der Waals surface area contributed by atoms with E-state index >= 15 is 0 Å². The molecule has 0 aromatic rings. The maximum atomic E-state index is 12.1. The third kappa shape index (κ3) is 4.64. The molecule has 0 saturated heterocycles. The molecule has 0 aromatic carbocycles. The molecule has 3 atom stereocenters. The third-order valence-electron chi connectivity index (χ3n) is 3.56. The van der Waals surface area contributed by atoms with Crippen LogP contribution in [-0.4, -0.2) is 31.7 Å². The van der Waals surface area contributed by atoms with Crippen molar-refractivity contribution in [2.45, 2.75) is 51.6 Å². The molecule has 17 heavy (non-hydrogen) atoms. The Morgan fingerprint density at radius 3 is 2.71 bits per heavy atom. The first kappa shape index (κ1) is 14.5. The van der Waals surface area contributed by atoms with Gasteiger partial charge in [0.25, 0.3) is 0 Å². The number of amides is 1. The molecule has 1 amide bonds. The lowest BCUT2D eigenvalue weighted by Gasteiger charge is -2.29. The van der Waals surface area contributed by atoms with Gasteiger partial charge in [0, 0.05) is 19.1 Å². The van der Waals surface area contributed by atoms with Gasteiger partial charge in [-0.2, -0.15) is 0 Å². The molecule has 0 spiro atoms. The zero-order valence-corrected chi connectivity index (χ0v) is 11.2. The van der Waals surface area contributed by atoms with Crippen LogP contribution in [-0.2, 0) is 9.53 Å². The predicted molar refractivity (Wildman–Crippen MR) is 68.6 cm³/mol. The van der Waals surface area contributed by atoms with Crippen molar-refractivity contribution in [1.82, 2.24) is 5.32 Å². The number of carbonyl (C=O) groups excluding carboxylic acids is 1. The van der Waals surface area contributed by atoms with Gasteiger partial charge >= 0.3 is 0 Å². The number of rotatable bonds is 5. The van der Waals surface area contributed by atoms with Crippen molar-refractivity contribution >= 4 is 5.91 Å². The highest BCUT2D eigenvalue weighted by Gasteiger charge is 2.27. The van der Waals surface area contributed by atoms with Crippen LogP contribution in [0, 0.1) is 11.8 Å². The van der Waals surface area contributed by atoms with Crippen LogP contribution in [0.2, 0.25) is 0 Å². The molecule has 1 rings (SSSR count). The third-order valence-corrected chi connectivity index (χ3v) is 3.56. The predicted octanol–water partition coefficient (Wildman–Crippen LogP) is 1.29. The van der Waals surface area contributed by atoms with Gasteiger partial charge in [-0.3, -0.25) is 4.79 Å². The molecule has 0 aromatic heterocycles. The Hall–Kier alpha value is -0.610. The zero-order valence-electron chi connectivity index (χ0n) is 11.2. The number of hydrogen-bond acceptors (Lipinski definition) is 3. The van der Waals surface area contributed by atoms with E-state index in [1.807, 2.05) is 0 Å². The molecule has 0 heterocycles.